The second-order valence-electron chi connectivity index (χ2n) is 10.5. The number of carboxylic acid groups (broad SMARTS) is 1. The van der Waals surface area contributed by atoms with Crippen molar-refractivity contribution in [2.45, 2.75) is 13.2 Å². The van der Waals surface area contributed by atoms with E-state index in [9.17, 15) is 14.4 Å². The Hall–Kier alpha value is -4.81. The van der Waals surface area contributed by atoms with E-state index in [4.69, 9.17) is 55.3 Å². The number of hydrogen-bond donors (Lipinski definition) is 2. The maximum Gasteiger partial charge on any atom is 0.329 e. The molecule has 264 valence electrons. The summed E-state index contributed by atoms with van der Waals surface area (Å²) in [6, 6.07) is 21.9. The van der Waals surface area contributed by atoms with Crippen LogP contribution in [-0.2, 0) is 41.7 Å². The molecule has 0 unspecified atom stereocenters. The van der Waals surface area contributed by atoms with Gasteiger partial charge in [0.25, 0.3) is 0 Å². The summed E-state index contributed by atoms with van der Waals surface area (Å²) in [5.74, 6) is 0.328. The van der Waals surface area contributed by atoms with Crippen LogP contribution in [-0.4, -0.2) is 76.4 Å². The van der Waals surface area contributed by atoms with Crippen molar-refractivity contribution in [1.29, 1.82) is 5.26 Å². The quantitative estimate of drug-likeness (QED) is 0.0567. The zero-order chi connectivity index (χ0) is 35.6. The van der Waals surface area contributed by atoms with Crippen LogP contribution in [0.1, 0.15) is 22.5 Å². The average Bonchev–Trinajstić information content (AvgIpc) is 3.58. The summed E-state index contributed by atoms with van der Waals surface area (Å²) < 4.78 is 51.9. The number of aliphatic carboxylic acids is 1. The van der Waals surface area contributed by atoms with Crippen LogP contribution in [0.15, 0.2) is 82.2 Å². The van der Waals surface area contributed by atoms with Gasteiger partial charge >= 0.3 is 5.97 Å². The number of carboxylic acids is 1. The van der Waals surface area contributed by atoms with Crippen molar-refractivity contribution < 1.29 is 47.1 Å². The maximum absolute atomic E-state index is 13.5. The van der Waals surface area contributed by atoms with E-state index < -0.39 is 5.97 Å². The second kappa shape index (κ2) is 20.6. The van der Waals surface area contributed by atoms with E-state index in [-0.39, 0.29) is 38.1 Å². The molecule has 3 N–H and O–H groups in total. The third-order valence-corrected chi connectivity index (χ3v) is 7.06. The summed E-state index contributed by atoms with van der Waals surface area (Å²) >= 11 is 6.42. The monoisotopic (exact) mass is 709 g/mol. The van der Waals surface area contributed by atoms with E-state index in [1.165, 1.54) is 12.1 Å². The minimum absolute atomic E-state index is 0.113. The minimum atomic E-state index is -1.02. The fourth-order valence-corrected chi connectivity index (χ4v) is 4.62. The van der Waals surface area contributed by atoms with E-state index in [0.29, 0.717) is 96.5 Å². The number of benzene rings is 3. The predicted molar refractivity (Wildman–Crippen MR) is 182 cm³/mol. The number of nitriles is 1. The number of ether oxygens (including phenoxy) is 6. The molecule has 0 fully saturated rings. The molecular formula is C36H37ClFN3O9. The predicted octanol–water partition coefficient (Wildman–Crippen LogP) is 5.89. The number of rotatable bonds is 22. The molecule has 0 aliphatic carbocycles. The van der Waals surface area contributed by atoms with Crippen molar-refractivity contribution in [3.05, 3.63) is 106 Å². The molecule has 0 bridgehead atoms. The molecule has 12 nitrogen and oxygen atoms in total. The molecule has 50 heavy (non-hydrogen) atoms. The third kappa shape index (κ3) is 12.9. The van der Waals surface area contributed by atoms with Crippen LogP contribution in [0.5, 0.6) is 5.75 Å². The number of amidine groups is 1. The Morgan fingerprint density at radius 2 is 1.56 bits per heavy atom. The molecule has 0 aliphatic rings. The van der Waals surface area contributed by atoms with Crippen molar-refractivity contribution >= 4 is 29.1 Å². The van der Waals surface area contributed by atoms with Crippen LogP contribution in [0.2, 0.25) is 5.02 Å². The molecule has 4 aromatic rings. The Morgan fingerprint density at radius 3 is 2.22 bits per heavy atom. The number of hydrogen-bond acceptors (Lipinski definition) is 10. The van der Waals surface area contributed by atoms with E-state index in [1.54, 1.807) is 60.7 Å². The Labute approximate surface area is 293 Å². The SMILES string of the molecule is N#Cc1ccc(-c2ccc(COCCOCCOCCOCCOCC(=O)O)o2)cc1C(N)=Nc1ccc(OCc2cccc(F)c2)c(Cl)c1. The first-order valence-electron chi connectivity index (χ1n) is 15.6. The van der Waals surface area contributed by atoms with Crippen LogP contribution >= 0.6 is 11.6 Å². The molecular weight excluding hydrogens is 673 g/mol. The summed E-state index contributed by atoms with van der Waals surface area (Å²) in [4.78, 5) is 14.8. The van der Waals surface area contributed by atoms with Crippen LogP contribution in [0, 0.1) is 17.1 Å². The normalized spacial score (nSPS) is 11.4. The molecule has 14 heteroatoms. The molecule has 1 heterocycles. The highest BCUT2D eigenvalue weighted by Gasteiger charge is 2.13. The minimum Gasteiger partial charge on any atom is -0.487 e. The summed E-state index contributed by atoms with van der Waals surface area (Å²) in [5, 5.41) is 18.5. The van der Waals surface area contributed by atoms with Crippen molar-refractivity contribution in [3.63, 3.8) is 0 Å². The lowest BCUT2D eigenvalue weighted by Crippen LogP contribution is -2.14. The van der Waals surface area contributed by atoms with E-state index in [1.807, 2.05) is 0 Å². The van der Waals surface area contributed by atoms with Gasteiger partial charge in [-0.1, -0.05) is 23.7 Å². The molecule has 0 saturated carbocycles. The number of aliphatic imine (C=N–C) groups is 1. The Morgan fingerprint density at radius 1 is 0.860 bits per heavy atom. The molecule has 4 rings (SSSR count). The first-order chi connectivity index (χ1) is 24.3. The van der Waals surface area contributed by atoms with Crippen LogP contribution in [0.25, 0.3) is 11.3 Å². The Kier molecular flexibility index (Phi) is 15.7. The van der Waals surface area contributed by atoms with Gasteiger partial charge in [0.2, 0.25) is 0 Å². The van der Waals surface area contributed by atoms with Gasteiger partial charge < -0.3 is 43.7 Å². The summed E-state index contributed by atoms with van der Waals surface area (Å²) in [6.45, 7) is 2.84. The van der Waals surface area contributed by atoms with Crippen LogP contribution in [0.4, 0.5) is 10.1 Å². The first kappa shape index (κ1) is 38.0. The summed E-state index contributed by atoms with van der Waals surface area (Å²) in [7, 11) is 0. The molecule has 0 spiro atoms. The Bertz CT molecular complexity index is 1760. The van der Waals surface area contributed by atoms with Crippen molar-refractivity contribution in [2.24, 2.45) is 10.7 Å². The number of furan rings is 1. The summed E-state index contributed by atoms with van der Waals surface area (Å²) in [6.07, 6.45) is 0. The number of nitrogens with two attached hydrogens (primary N) is 1. The van der Waals surface area contributed by atoms with Gasteiger partial charge in [-0.25, -0.2) is 14.2 Å². The number of carbonyl (C=O) groups is 1. The van der Waals surface area contributed by atoms with Gasteiger partial charge in [-0.3, -0.25) is 0 Å². The lowest BCUT2D eigenvalue weighted by atomic mass is 10.0. The zero-order valence-corrected chi connectivity index (χ0v) is 27.9. The van der Waals surface area contributed by atoms with Gasteiger partial charge in [0, 0.05) is 11.1 Å². The van der Waals surface area contributed by atoms with Crippen LogP contribution in [0.3, 0.4) is 0 Å². The van der Waals surface area contributed by atoms with Gasteiger partial charge in [0.05, 0.1) is 75.2 Å². The van der Waals surface area contributed by atoms with Crippen molar-refractivity contribution in [3.8, 4) is 23.1 Å². The van der Waals surface area contributed by atoms with E-state index in [2.05, 4.69) is 11.1 Å². The second-order valence-corrected chi connectivity index (χ2v) is 10.9. The zero-order valence-electron chi connectivity index (χ0n) is 27.1. The molecule has 1 aromatic heterocycles. The lowest BCUT2D eigenvalue weighted by Gasteiger charge is -2.10. The number of halogens is 2. The van der Waals surface area contributed by atoms with E-state index in [0.717, 1.165) is 0 Å². The highest BCUT2D eigenvalue weighted by molar-refractivity contribution is 6.32. The van der Waals surface area contributed by atoms with Gasteiger partial charge in [-0.2, -0.15) is 5.26 Å². The lowest BCUT2D eigenvalue weighted by molar-refractivity contribution is -0.142. The molecule has 0 amide bonds. The van der Waals surface area contributed by atoms with Gasteiger partial charge in [0.15, 0.2) is 0 Å². The topological polar surface area (TPSA) is 168 Å². The van der Waals surface area contributed by atoms with Crippen LogP contribution < -0.4 is 10.5 Å². The molecule has 0 radical (unpaired) electrons. The van der Waals surface area contributed by atoms with Gasteiger partial charge in [-0.15, -0.1) is 0 Å². The molecule has 0 saturated heterocycles. The van der Waals surface area contributed by atoms with Gasteiger partial charge in [-0.05, 0) is 66.2 Å². The average molecular weight is 710 g/mol. The number of nitrogens with zero attached hydrogens (tertiary/aromatic N) is 2. The molecule has 0 aliphatic heterocycles. The highest BCUT2D eigenvalue weighted by Crippen LogP contribution is 2.31. The molecule has 3 aromatic carbocycles. The van der Waals surface area contributed by atoms with Crippen molar-refractivity contribution in [1.82, 2.24) is 0 Å². The fourth-order valence-electron chi connectivity index (χ4n) is 4.39. The highest BCUT2D eigenvalue weighted by atomic mass is 35.5. The summed E-state index contributed by atoms with van der Waals surface area (Å²) in [5.41, 5.74) is 8.94. The third-order valence-electron chi connectivity index (χ3n) is 6.77. The largest absolute Gasteiger partial charge is 0.487 e. The fraction of sp³-hybridized carbons (Fsp3) is 0.306. The van der Waals surface area contributed by atoms with Gasteiger partial charge in [0.1, 0.15) is 48.7 Å². The van der Waals surface area contributed by atoms with E-state index >= 15 is 0 Å². The Balaban J connectivity index is 1.20. The smallest absolute Gasteiger partial charge is 0.329 e. The maximum atomic E-state index is 13.5. The molecule has 0 atom stereocenters. The van der Waals surface area contributed by atoms with Crippen molar-refractivity contribution in [2.75, 3.05) is 59.5 Å². The first-order valence-corrected chi connectivity index (χ1v) is 15.9. The standard InChI is InChI=1S/C36H37ClFN3O9/c37-32-20-29(6-8-34(32)49-22-25-2-1-3-28(38)18-25)41-36(40)31-19-26(4-5-27(31)21-39)33-9-7-30(50-33)23-47-16-14-45-12-10-44-11-13-46-15-17-48-24-35(42)43/h1-9,18-20H,10-17,22-24H2,(H2,40,41)(H,42,43).